The Balaban J connectivity index is 2.86. The van der Waals surface area contributed by atoms with Crippen LogP contribution in [0.3, 0.4) is 0 Å². The molecule has 1 heterocycles. The molecule has 1 aromatic heterocycles. The zero-order valence-electron chi connectivity index (χ0n) is 5.00. The highest BCUT2D eigenvalue weighted by Crippen LogP contribution is 2.11. The zero-order valence-corrected chi connectivity index (χ0v) is 7.16. The number of nitrogens with one attached hydrogen (secondary N) is 1. The van der Waals surface area contributed by atoms with Crippen molar-refractivity contribution in [2.24, 2.45) is 0 Å². The van der Waals surface area contributed by atoms with E-state index in [4.69, 9.17) is 0 Å². The molecule has 0 aliphatic rings. The summed E-state index contributed by atoms with van der Waals surface area (Å²) in [5.41, 5.74) is 1.84. The Morgan fingerprint density at radius 1 is 1.20 bits per heavy atom. The maximum atomic E-state index is 3.94. The van der Waals surface area contributed by atoms with Gasteiger partial charge in [0.05, 0.1) is 0 Å². The van der Waals surface area contributed by atoms with Crippen molar-refractivity contribution in [1.29, 1.82) is 0 Å². The summed E-state index contributed by atoms with van der Waals surface area (Å²) in [7, 11) is 0. The molecule has 0 atom stereocenters. The van der Waals surface area contributed by atoms with Crippen LogP contribution in [0.5, 0.6) is 0 Å². The van der Waals surface area contributed by atoms with Crippen LogP contribution >= 0.6 is 22.6 Å². The van der Waals surface area contributed by atoms with E-state index in [2.05, 4.69) is 38.0 Å². The molecule has 0 aliphatic carbocycles. The van der Waals surface area contributed by atoms with Crippen molar-refractivity contribution in [2.75, 3.05) is 0 Å². The molecule has 0 unspecified atom stereocenters. The lowest BCUT2D eigenvalue weighted by Gasteiger charge is -1.85. The number of hydrogen-bond donors (Lipinski definition) is 1. The lowest BCUT2D eigenvalue weighted by Crippen LogP contribution is -1.70. The number of rotatable bonds is 0. The highest BCUT2D eigenvalue weighted by molar-refractivity contribution is 14.1. The second kappa shape index (κ2) is 2.19. The van der Waals surface area contributed by atoms with Gasteiger partial charge in [-0.1, -0.05) is 0 Å². The van der Waals surface area contributed by atoms with Gasteiger partial charge in [-0.15, -0.1) is 0 Å². The van der Waals surface area contributed by atoms with Crippen molar-refractivity contribution in [3.63, 3.8) is 0 Å². The molecular weight excluding hydrogens is 241 g/mol. The summed E-state index contributed by atoms with van der Waals surface area (Å²) in [6.45, 7) is 0. The lowest BCUT2D eigenvalue weighted by molar-refractivity contribution is 0.959. The van der Waals surface area contributed by atoms with Crippen molar-refractivity contribution < 1.29 is 0 Å². The number of nitrogens with zero attached hydrogens (tertiary/aromatic N) is 2. The van der Waals surface area contributed by atoms with Crippen LogP contribution in [0.15, 0.2) is 18.2 Å². The fourth-order valence-corrected chi connectivity index (χ4v) is 1.29. The normalized spacial score (nSPS) is 10.5. The Kier molecular flexibility index (Phi) is 1.33. The van der Waals surface area contributed by atoms with Gasteiger partial charge in [0.25, 0.3) is 0 Å². The topological polar surface area (TPSA) is 41.6 Å². The van der Waals surface area contributed by atoms with Crippen LogP contribution in [-0.2, 0) is 0 Å². The molecule has 1 aromatic carbocycles. The van der Waals surface area contributed by atoms with Crippen LogP contribution in [0.1, 0.15) is 0 Å². The molecule has 0 saturated heterocycles. The fourth-order valence-electron chi connectivity index (χ4n) is 0.813. The number of benzene rings is 1. The summed E-state index contributed by atoms with van der Waals surface area (Å²) in [5, 5.41) is 10.4. The van der Waals surface area contributed by atoms with E-state index in [1.807, 2.05) is 18.2 Å². The molecule has 0 radical (unpaired) electrons. The SMILES string of the molecule is Ic1ccc2n[nH]nc2c1. The molecule has 2 aromatic rings. The van der Waals surface area contributed by atoms with Gasteiger partial charge in [-0.2, -0.15) is 15.4 Å². The first kappa shape index (κ1) is 6.09. The quantitative estimate of drug-likeness (QED) is 0.715. The van der Waals surface area contributed by atoms with Gasteiger partial charge in [0.15, 0.2) is 0 Å². The van der Waals surface area contributed by atoms with E-state index in [0.29, 0.717) is 0 Å². The fraction of sp³-hybridized carbons (Fsp3) is 0. The number of H-pyrrole nitrogens is 1. The summed E-state index contributed by atoms with van der Waals surface area (Å²) in [6.07, 6.45) is 0. The number of halogens is 1. The van der Waals surface area contributed by atoms with Crippen molar-refractivity contribution >= 4 is 33.6 Å². The molecule has 10 heavy (non-hydrogen) atoms. The minimum atomic E-state index is 0.917. The van der Waals surface area contributed by atoms with E-state index in [1.165, 1.54) is 3.57 Å². The molecule has 0 bridgehead atoms. The minimum absolute atomic E-state index is 0.917. The average Bonchev–Trinajstić information content (AvgIpc) is 2.33. The molecule has 2 rings (SSSR count). The molecule has 50 valence electrons. The van der Waals surface area contributed by atoms with E-state index in [-0.39, 0.29) is 0 Å². The van der Waals surface area contributed by atoms with E-state index >= 15 is 0 Å². The molecule has 1 N–H and O–H groups in total. The summed E-state index contributed by atoms with van der Waals surface area (Å²) in [5.74, 6) is 0. The smallest absolute Gasteiger partial charge is 0.114 e. The maximum Gasteiger partial charge on any atom is 0.114 e. The molecule has 0 amide bonds. The third-order valence-electron chi connectivity index (χ3n) is 1.28. The standard InChI is InChI=1S/C6H4IN3/c7-4-1-2-5-6(3-4)9-10-8-5/h1-3H,(H,8,9,10). The van der Waals surface area contributed by atoms with Crippen molar-refractivity contribution in [2.45, 2.75) is 0 Å². The van der Waals surface area contributed by atoms with Crippen LogP contribution in [0.2, 0.25) is 0 Å². The molecule has 3 nitrogen and oxygen atoms in total. The first-order valence-electron chi connectivity index (χ1n) is 2.82. The van der Waals surface area contributed by atoms with Crippen LogP contribution in [-0.4, -0.2) is 15.4 Å². The Labute approximate surface area is 71.0 Å². The van der Waals surface area contributed by atoms with Gasteiger partial charge in [-0.05, 0) is 40.8 Å². The van der Waals surface area contributed by atoms with Crippen LogP contribution < -0.4 is 0 Å². The number of aromatic amines is 1. The summed E-state index contributed by atoms with van der Waals surface area (Å²) < 4.78 is 1.18. The highest BCUT2D eigenvalue weighted by atomic mass is 127. The summed E-state index contributed by atoms with van der Waals surface area (Å²) in [6, 6.07) is 5.94. The molecular formula is C6H4IN3. The molecule has 0 saturated carbocycles. The lowest BCUT2D eigenvalue weighted by atomic mass is 10.3. The molecule has 0 spiro atoms. The highest BCUT2D eigenvalue weighted by Gasteiger charge is 1.95. The monoisotopic (exact) mass is 245 g/mol. The minimum Gasteiger partial charge on any atom is -0.197 e. The predicted octanol–water partition coefficient (Wildman–Crippen LogP) is 1.56. The van der Waals surface area contributed by atoms with Gasteiger partial charge < -0.3 is 0 Å². The largest absolute Gasteiger partial charge is 0.197 e. The third-order valence-corrected chi connectivity index (χ3v) is 1.95. The second-order valence-corrected chi connectivity index (χ2v) is 3.20. The Morgan fingerprint density at radius 2 is 2.00 bits per heavy atom. The van der Waals surface area contributed by atoms with E-state index in [0.717, 1.165) is 11.0 Å². The van der Waals surface area contributed by atoms with Crippen molar-refractivity contribution in [3.8, 4) is 0 Å². The van der Waals surface area contributed by atoms with Crippen LogP contribution in [0.25, 0.3) is 11.0 Å². The van der Waals surface area contributed by atoms with E-state index in [1.54, 1.807) is 0 Å². The number of aromatic nitrogens is 3. The van der Waals surface area contributed by atoms with Crippen LogP contribution in [0, 0.1) is 3.57 Å². The van der Waals surface area contributed by atoms with Gasteiger partial charge in [0.1, 0.15) is 11.0 Å². The van der Waals surface area contributed by atoms with Gasteiger partial charge in [0, 0.05) is 3.57 Å². The Morgan fingerprint density at radius 3 is 2.90 bits per heavy atom. The van der Waals surface area contributed by atoms with Gasteiger partial charge in [-0.3, -0.25) is 0 Å². The van der Waals surface area contributed by atoms with Gasteiger partial charge in [-0.25, -0.2) is 0 Å². The summed E-state index contributed by atoms with van der Waals surface area (Å²) in [4.78, 5) is 0. The zero-order chi connectivity index (χ0) is 6.97. The predicted molar refractivity (Wildman–Crippen MR) is 46.6 cm³/mol. The van der Waals surface area contributed by atoms with Crippen LogP contribution in [0.4, 0.5) is 0 Å². The molecule has 0 fully saturated rings. The van der Waals surface area contributed by atoms with E-state index < -0.39 is 0 Å². The number of hydrogen-bond acceptors (Lipinski definition) is 2. The molecule has 0 aliphatic heterocycles. The average molecular weight is 245 g/mol. The van der Waals surface area contributed by atoms with E-state index in [9.17, 15) is 0 Å². The number of fused-ring (bicyclic) bond motifs is 1. The van der Waals surface area contributed by atoms with Crippen molar-refractivity contribution in [1.82, 2.24) is 15.4 Å². The summed E-state index contributed by atoms with van der Waals surface area (Å²) >= 11 is 2.24. The maximum absolute atomic E-state index is 3.94. The molecule has 4 heteroatoms. The van der Waals surface area contributed by atoms with Gasteiger partial charge >= 0.3 is 0 Å². The first-order chi connectivity index (χ1) is 4.86. The third kappa shape index (κ3) is 0.880. The van der Waals surface area contributed by atoms with Crippen molar-refractivity contribution in [3.05, 3.63) is 21.8 Å². The van der Waals surface area contributed by atoms with Gasteiger partial charge in [0.2, 0.25) is 0 Å². The second-order valence-electron chi connectivity index (χ2n) is 1.96. The first-order valence-corrected chi connectivity index (χ1v) is 3.90. The Bertz CT molecular complexity index is 355. The Hall–Kier alpha value is -0.650.